The van der Waals surface area contributed by atoms with Gasteiger partial charge in [0.05, 0.1) is 0 Å². The molecule has 0 aromatic rings. The minimum atomic E-state index is 0.137. The summed E-state index contributed by atoms with van der Waals surface area (Å²) in [6.07, 6.45) is 2.16. The molecule has 0 bridgehead atoms. The molecule has 8 heavy (non-hydrogen) atoms. The molecule has 0 aliphatic heterocycles. The van der Waals surface area contributed by atoms with Crippen molar-refractivity contribution in [2.24, 2.45) is 0 Å². The Balaban J connectivity index is 3.51. The fourth-order valence-corrected chi connectivity index (χ4v) is 2.20. The highest BCUT2D eigenvalue weighted by atomic mass is 32.7. The summed E-state index contributed by atoms with van der Waals surface area (Å²) in [6, 6.07) is 0. The Kier molecular flexibility index (Phi) is 4.69. The summed E-state index contributed by atoms with van der Waals surface area (Å²) in [5.41, 5.74) is 1.44. The first-order valence-corrected chi connectivity index (χ1v) is 6.27. The quantitative estimate of drug-likeness (QED) is 0.541. The molecule has 1 atom stereocenters. The van der Waals surface area contributed by atoms with E-state index >= 15 is 0 Å². The molecule has 0 spiro atoms. The summed E-state index contributed by atoms with van der Waals surface area (Å²) >= 11 is 1.94. The third kappa shape index (κ3) is 4.67. The zero-order chi connectivity index (χ0) is 6.57. The lowest BCUT2D eigenvalue weighted by atomic mass is 10.4. The van der Waals surface area contributed by atoms with Crippen molar-refractivity contribution in [1.82, 2.24) is 0 Å². The van der Waals surface area contributed by atoms with Gasteiger partial charge >= 0.3 is 0 Å². The minimum Gasteiger partial charge on any atom is -0.134 e. The number of hydrogen-bond acceptors (Lipinski definition) is 1. The van der Waals surface area contributed by atoms with Crippen LogP contribution in [0.5, 0.6) is 0 Å². The molecule has 0 aromatic carbocycles. The largest absolute Gasteiger partial charge is 0.134 e. The molecule has 0 saturated heterocycles. The molecule has 0 rings (SSSR count). The number of hydrogen-bond donors (Lipinski definition) is 0. The maximum atomic E-state index is 2.33. The van der Waals surface area contributed by atoms with E-state index in [0.29, 0.717) is 0 Å². The van der Waals surface area contributed by atoms with E-state index in [1.807, 2.05) is 11.4 Å². The van der Waals surface area contributed by atoms with Crippen LogP contribution in [0, 0.1) is 0 Å². The summed E-state index contributed by atoms with van der Waals surface area (Å²) in [5.74, 6) is 2.33. The zero-order valence-electron chi connectivity index (χ0n) is 5.93. The Hall–Kier alpha value is 0.520. The van der Waals surface area contributed by atoms with Crippen LogP contribution in [0.4, 0.5) is 0 Å². The first-order chi connectivity index (χ1) is 3.66. The van der Waals surface area contributed by atoms with Crippen molar-refractivity contribution >= 4 is 18.5 Å². The van der Waals surface area contributed by atoms with Crippen molar-refractivity contribution in [3.05, 3.63) is 11.4 Å². The monoisotopic (exact) mass is 148 g/mol. The first kappa shape index (κ1) is 8.52. The Morgan fingerprint density at radius 1 is 1.50 bits per heavy atom. The van der Waals surface area contributed by atoms with Gasteiger partial charge in [0, 0.05) is 0 Å². The second-order valence-corrected chi connectivity index (χ2v) is 6.47. The van der Waals surface area contributed by atoms with Gasteiger partial charge < -0.3 is 0 Å². The van der Waals surface area contributed by atoms with E-state index in [2.05, 4.69) is 32.6 Å². The number of rotatable bonds is 2. The van der Waals surface area contributed by atoms with Crippen LogP contribution in [0.15, 0.2) is 11.4 Å². The lowest BCUT2D eigenvalue weighted by Gasteiger charge is -1.99. The third-order valence-corrected chi connectivity index (χ3v) is 4.23. The molecular formula is C6H13PS. The Labute approximate surface area is 57.2 Å². The van der Waals surface area contributed by atoms with Crippen LogP contribution >= 0.6 is 18.5 Å². The highest BCUT2D eigenvalue weighted by Gasteiger charge is 1.89. The molecule has 48 valence electrons. The van der Waals surface area contributed by atoms with E-state index in [0.717, 1.165) is 0 Å². The van der Waals surface area contributed by atoms with Crippen molar-refractivity contribution in [3.63, 3.8) is 0 Å². The zero-order valence-corrected chi connectivity index (χ0v) is 7.64. The van der Waals surface area contributed by atoms with Crippen molar-refractivity contribution < 1.29 is 0 Å². The van der Waals surface area contributed by atoms with Crippen LogP contribution < -0.4 is 0 Å². The van der Waals surface area contributed by atoms with Gasteiger partial charge in [-0.05, 0) is 33.9 Å². The van der Waals surface area contributed by atoms with Gasteiger partial charge in [-0.1, -0.05) is 11.4 Å². The molecule has 0 aliphatic rings. The molecule has 0 N–H and O–H groups in total. The number of allylic oxidation sites excluding steroid dienone is 1. The Bertz CT molecular complexity index is 84.5. The van der Waals surface area contributed by atoms with Gasteiger partial charge in [0.25, 0.3) is 0 Å². The predicted molar refractivity (Wildman–Crippen MR) is 45.8 cm³/mol. The molecule has 0 nitrogen and oxygen atoms in total. The summed E-state index contributed by atoms with van der Waals surface area (Å²) in [7, 11) is 0.137. The van der Waals surface area contributed by atoms with E-state index in [1.54, 1.807) is 0 Å². The topological polar surface area (TPSA) is 0 Å². The van der Waals surface area contributed by atoms with Gasteiger partial charge in [-0.15, -0.1) is 11.4 Å². The van der Waals surface area contributed by atoms with E-state index in [-0.39, 0.29) is 7.12 Å². The van der Waals surface area contributed by atoms with E-state index in [1.165, 1.54) is 5.57 Å². The predicted octanol–water partition coefficient (Wildman–Crippen LogP) is 3.30. The molecule has 0 aromatic heterocycles. The van der Waals surface area contributed by atoms with Crippen LogP contribution in [-0.2, 0) is 0 Å². The van der Waals surface area contributed by atoms with E-state index < -0.39 is 0 Å². The van der Waals surface area contributed by atoms with Gasteiger partial charge in [-0.25, -0.2) is 0 Å². The van der Waals surface area contributed by atoms with Crippen LogP contribution in [0.25, 0.3) is 0 Å². The van der Waals surface area contributed by atoms with Gasteiger partial charge in [0.2, 0.25) is 0 Å². The van der Waals surface area contributed by atoms with Crippen LogP contribution in [0.3, 0.4) is 0 Å². The molecule has 0 radical (unpaired) electrons. The molecule has 0 saturated carbocycles. The van der Waals surface area contributed by atoms with Crippen molar-refractivity contribution in [2.75, 3.05) is 12.9 Å². The maximum absolute atomic E-state index is 2.33. The van der Waals surface area contributed by atoms with Gasteiger partial charge in [0.15, 0.2) is 0 Å². The molecule has 2 heteroatoms. The molecular weight excluding hydrogens is 135 g/mol. The second kappa shape index (κ2) is 4.40. The summed E-state index contributed by atoms with van der Waals surface area (Å²) in [6.45, 7) is 6.57. The average Bonchev–Trinajstić information content (AvgIpc) is 1.65. The Morgan fingerprint density at radius 2 is 2.00 bits per heavy atom. The van der Waals surface area contributed by atoms with Crippen molar-refractivity contribution in [1.29, 1.82) is 0 Å². The minimum absolute atomic E-state index is 0.137. The summed E-state index contributed by atoms with van der Waals surface area (Å²) in [4.78, 5) is 0. The highest BCUT2D eigenvalue weighted by molar-refractivity contribution is 8.56. The first-order valence-electron chi connectivity index (χ1n) is 2.58. The fourth-order valence-electron chi connectivity index (χ4n) is 0.416. The molecule has 0 fully saturated rings. The van der Waals surface area contributed by atoms with Crippen LogP contribution in [0.1, 0.15) is 13.8 Å². The molecule has 0 aliphatic carbocycles. The third-order valence-electron chi connectivity index (χ3n) is 0.728. The Morgan fingerprint density at radius 3 is 2.12 bits per heavy atom. The lowest BCUT2D eigenvalue weighted by molar-refractivity contribution is 1.41. The average molecular weight is 148 g/mol. The van der Waals surface area contributed by atoms with Crippen LogP contribution in [-0.4, -0.2) is 12.9 Å². The van der Waals surface area contributed by atoms with Crippen LogP contribution in [0.2, 0.25) is 0 Å². The smallest absolute Gasteiger partial charge is 0.0139 e. The standard InChI is InChI=1S/C6H13PS/c1-6(2)5-7(3)8-4/h5H,1-4H3. The van der Waals surface area contributed by atoms with Gasteiger partial charge in [-0.3, -0.25) is 0 Å². The van der Waals surface area contributed by atoms with E-state index in [4.69, 9.17) is 0 Å². The maximum Gasteiger partial charge on any atom is -0.0139 e. The fraction of sp³-hybridized carbons (Fsp3) is 0.667. The van der Waals surface area contributed by atoms with Crippen molar-refractivity contribution in [2.45, 2.75) is 13.8 Å². The van der Waals surface area contributed by atoms with Gasteiger partial charge in [-0.2, -0.15) is 0 Å². The summed E-state index contributed by atoms with van der Waals surface area (Å²) in [5, 5.41) is 0. The van der Waals surface area contributed by atoms with Crippen molar-refractivity contribution in [3.8, 4) is 0 Å². The lowest BCUT2D eigenvalue weighted by Crippen LogP contribution is -1.60. The molecule has 1 unspecified atom stereocenters. The molecule has 0 amide bonds. The normalized spacial score (nSPS) is 13.0. The van der Waals surface area contributed by atoms with Gasteiger partial charge in [0.1, 0.15) is 0 Å². The SMILES string of the molecule is CSP(C)C=C(C)C. The second-order valence-electron chi connectivity index (χ2n) is 1.94. The van der Waals surface area contributed by atoms with E-state index in [9.17, 15) is 0 Å². The molecule has 0 heterocycles. The highest BCUT2D eigenvalue weighted by Crippen LogP contribution is 2.45. The summed E-state index contributed by atoms with van der Waals surface area (Å²) < 4.78 is 0.